The van der Waals surface area contributed by atoms with Crippen LogP contribution in [0, 0.1) is 20.8 Å². The Morgan fingerprint density at radius 1 is 1.08 bits per heavy atom. The van der Waals surface area contributed by atoms with Gasteiger partial charge < -0.3 is 9.80 Å². The number of nitrogens with zero attached hydrogens (tertiary/aromatic N) is 5. The molecule has 0 spiro atoms. The van der Waals surface area contributed by atoms with Crippen molar-refractivity contribution in [3.8, 4) is 0 Å². The third kappa shape index (κ3) is 2.86. The number of amides is 1. The number of piperazine rings is 1. The molecule has 4 rings (SSSR count). The van der Waals surface area contributed by atoms with Gasteiger partial charge >= 0.3 is 0 Å². The van der Waals surface area contributed by atoms with E-state index < -0.39 is 0 Å². The van der Waals surface area contributed by atoms with Crippen LogP contribution < -0.4 is 4.90 Å². The van der Waals surface area contributed by atoms with Gasteiger partial charge in [-0.3, -0.25) is 9.48 Å². The average Bonchev–Trinajstić information content (AvgIpc) is 3.18. The quantitative estimate of drug-likeness (QED) is 0.697. The average molecular weight is 369 g/mol. The fourth-order valence-electron chi connectivity index (χ4n) is 3.60. The summed E-state index contributed by atoms with van der Waals surface area (Å²) >= 11 is 1.74. The molecule has 0 unspecified atom stereocenters. The number of hydrogen-bond donors (Lipinski definition) is 0. The largest absolute Gasteiger partial charge is 0.345 e. The number of rotatable bonds is 2. The van der Waals surface area contributed by atoms with Gasteiger partial charge in [-0.15, -0.1) is 0 Å². The molecule has 2 aromatic heterocycles. The highest BCUT2D eigenvalue weighted by atomic mass is 32.1. The minimum Gasteiger partial charge on any atom is -0.345 e. The molecule has 6 nitrogen and oxygen atoms in total. The Morgan fingerprint density at radius 3 is 2.46 bits per heavy atom. The highest BCUT2D eigenvalue weighted by molar-refractivity contribution is 7.22. The standard InChI is InChI=1S/C19H23N5OS/c1-12-9-13(2)16-15(10-12)26-19(21-16)24-7-5-23(6-8-24)18(25)17-14(3)11-20-22(17)4/h9-11H,5-8H2,1-4H3. The van der Waals surface area contributed by atoms with Crippen molar-refractivity contribution in [2.24, 2.45) is 7.05 Å². The van der Waals surface area contributed by atoms with Gasteiger partial charge in [-0.25, -0.2) is 4.98 Å². The molecule has 0 aliphatic carbocycles. The molecule has 0 atom stereocenters. The first kappa shape index (κ1) is 17.0. The van der Waals surface area contributed by atoms with Gasteiger partial charge in [0.05, 0.1) is 16.4 Å². The molecule has 1 amide bonds. The second kappa shape index (κ2) is 6.39. The minimum absolute atomic E-state index is 0.0675. The molecule has 0 radical (unpaired) electrons. The number of carbonyl (C=O) groups is 1. The second-order valence-corrected chi connectivity index (χ2v) is 8.01. The Kier molecular flexibility index (Phi) is 4.19. The van der Waals surface area contributed by atoms with Crippen molar-refractivity contribution in [3.63, 3.8) is 0 Å². The highest BCUT2D eigenvalue weighted by Crippen LogP contribution is 2.32. The molecule has 1 fully saturated rings. The smallest absolute Gasteiger partial charge is 0.272 e. The maximum atomic E-state index is 12.8. The Morgan fingerprint density at radius 2 is 1.81 bits per heavy atom. The Bertz CT molecular complexity index is 962. The summed E-state index contributed by atoms with van der Waals surface area (Å²) in [5, 5.41) is 5.24. The number of carbonyl (C=O) groups excluding carboxylic acids is 1. The van der Waals surface area contributed by atoms with Gasteiger partial charge in [0.15, 0.2) is 5.13 Å². The monoisotopic (exact) mass is 369 g/mol. The molecule has 1 saturated heterocycles. The molecule has 26 heavy (non-hydrogen) atoms. The van der Waals surface area contributed by atoms with Crippen LogP contribution in [0.5, 0.6) is 0 Å². The van der Waals surface area contributed by atoms with Crippen molar-refractivity contribution in [2.75, 3.05) is 31.1 Å². The Labute approximate surface area is 157 Å². The number of hydrogen-bond acceptors (Lipinski definition) is 5. The molecular weight excluding hydrogens is 346 g/mol. The van der Waals surface area contributed by atoms with Crippen LogP contribution in [0.15, 0.2) is 18.3 Å². The lowest BCUT2D eigenvalue weighted by Crippen LogP contribution is -2.49. The lowest BCUT2D eigenvalue weighted by molar-refractivity contribution is 0.0735. The Hall–Kier alpha value is -2.41. The molecule has 3 heterocycles. The van der Waals surface area contributed by atoms with E-state index in [0.29, 0.717) is 18.8 Å². The first-order chi connectivity index (χ1) is 12.4. The van der Waals surface area contributed by atoms with E-state index in [9.17, 15) is 4.79 Å². The van der Waals surface area contributed by atoms with Crippen LogP contribution >= 0.6 is 11.3 Å². The van der Waals surface area contributed by atoms with Crippen LogP contribution in [0.2, 0.25) is 0 Å². The summed E-state index contributed by atoms with van der Waals surface area (Å²) in [4.78, 5) is 21.9. The van der Waals surface area contributed by atoms with Crippen LogP contribution in [-0.4, -0.2) is 51.8 Å². The van der Waals surface area contributed by atoms with E-state index in [1.165, 1.54) is 15.8 Å². The number of thiazole rings is 1. The second-order valence-electron chi connectivity index (χ2n) is 7.00. The lowest BCUT2D eigenvalue weighted by atomic mass is 10.1. The topological polar surface area (TPSA) is 54.3 Å². The SMILES string of the molecule is Cc1cc(C)c2nc(N3CCN(C(=O)c4c(C)cnn4C)CC3)sc2c1. The zero-order valence-corrected chi connectivity index (χ0v) is 16.4. The van der Waals surface area contributed by atoms with Crippen molar-refractivity contribution in [3.05, 3.63) is 40.7 Å². The number of aromatic nitrogens is 3. The van der Waals surface area contributed by atoms with E-state index in [1.54, 1.807) is 22.2 Å². The van der Waals surface area contributed by atoms with Gasteiger partial charge in [-0.1, -0.05) is 17.4 Å². The third-order valence-electron chi connectivity index (χ3n) is 4.98. The van der Waals surface area contributed by atoms with Crippen LogP contribution in [0.1, 0.15) is 27.2 Å². The van der Waals surface area contributed by atoms with Crippen molar-refractivity contribution in [1.82, 2.24) is 19.7 Å². The third-order valence-corrected chi connectivity index (χ3v) is 6.04. The first-order valence-electron chi connectivity index (χ1n) is 8.84. The van der Waals surface area contributed by atoms with E-state index in [-0.39, 0.29) is 5.91 Å². The molecular formula is C19H23N5OS. The van der Waals surface area contributed by atoms with E-state index in [2.05, 4.69) is 36.0 Å². The normalized spacial score (nSPS) is 15.1. The number of aryl methyl sites for hydroxylation is 4. The van der Waals surface area contributed by atoms with E-state index >= 15 is 0 Å². The van der Waals surface area contributed by atoms with Gasteiger partial charge in [0, 0.05) is 33.2 Å². The summed E-state index contributed by atoms with van der Waals surface area (Å²) in [6, 6.07) is 4.38. The number of fused-ring (bicyclic) bond motifs is 1. The molecule has 1 aliphatic rings. The maximum absolute atomic E-state index is 12.8. The van der Waals surface area contributed by atoms with Gasteiger partial charge in [-0.2, -0.15) is 5.10 Å². The molecule has 0 saturated carbocycles. The summed E-state index contributed by atoms with van der Waals surface area (Å²) in [6.45, 7) is 9.19. The summed E-state index contributed by atoms with van der Waals surface area (Å²) in [5.74, 6) is 0.0675. The number of benzene rings is 1. The van der Waals surface area contributed by atoms with E-state index in [0.717, 1.165) is 29.3 Å². The van der Waals surface area contributed by atoms with Crippen molar-refractivity contribution in [1.29, 1.82) is 0 Å². The van der Waals surface area contributed by atoms with E-state index in [1.807, 2.05) is 18.9 Å². The molecule has 1 aliphatic heterocycles. The van der Waals surface area contributed by atoms with Gasteiger partial charge in [0.25, 0.3) is 5.91 Å². The summed E-state index contributed by atoms with van der Waals surface area (Å²) in [6.07, 6.45) is 1.74. The fraction of sp³-hybridized carbons (Fsp3) is 0.421. The fourth-order valence-corrected chi connectivity index (χ4v) is 4.79. The lowest BCUT2D eigenvalue weighted by Gasteiger charge is -2.34. The summed E-state index contributed by atoms with van der Waals surface area (Å²) < 4.78 is 2.91. The predicted molar refractivity (Wildman–Crippen MR) is 105 cm³/mol. The zero-order valence-electron chi connectivity index (χ0n) is 15.6. The molecule has 3 aromatic rings. The highest BCUT2D eigenvalue weighted by Gasteiger charge is 2.26. The van der Waals surface area contributed by atoms with Crippen molar-refractivity contribution in [2.45, 2.75) is 20.8 Å². The molecule has 7 heteroatoms. The zero-order chi connectivity index (χ0) is 18.4. The van der Waals surface area contributed by atoms with Gasteiger partial charge in [0.1, 0.15) is 5.69 Å². The number of anilines is 1. The Balaban J connectivity index is 1.50. The van der Waals surface area contributed by atoms with Crippen molar-refractivity contribution < 1.29 is 4.79 Å². The maximum Gasteiger partial charge on any atom is 0.272 e. The summed E-state index contributed by atoms with van der Waals surface area (Å²) in [5.41, 5.74) is 5.20. The molecule has 0 bridgehead atoms. The molecule has 0 N–H and O–H groups in total. The van der Waals surface area contributed by atoms with E-state index in [4.69, 9.17) is 4.98 Å². The van der Waals surface area contributed by atoms with Crippen molar-refractivity contribution >= 4 is 32.6 Å². The summed E-state index contributed by atoms with van der Waals surface area (Å²) in [7, 11) is 1.82. The molecule has 136 valence electrons. The van der Waals surface area contributed by atoms with Crippen LogP contribution in [0.25, 0.3) is 10.2 Å². The van der Waals surface area contributed by atoms with Crippen LogP contribution in [0.3, 0.4) is 0 Å². The van der Waals surface area contributed by atoms with Crippen LogP contribution in [-0.2, 0) is 7.05 Å². The van der Waals surface area contributed by atoms with Gasteiger partial charge in [0.2, 0.25) is 0 Å². The van der Waals surface area contributed by atoms with Gasteiger partial charge in [-0.05, 0) is 43.5 Å². The minimum atomic E-state index is 0.0675. The molecule has 1 aromatic carbocycles. The first-order valence-corrected chi connectivity index (χ1v) is 9.66. The van der Waals surface area contributed by atoms with Crippen LogP contribution in [0.4, 0.5) is 5.13 Å². The predicted octanol–water partition coefficient (Wildman–Crippen LogP) is 2.92.